The Morgan fingerprint density at radius 1 is 1.30 bits per heavy atom. The number of halogens is 1. The molecule has 1 aromatic carbocycles. The summed E-state index contributed by atoms with van der Waals surface area (Å²) in [6, 6.07) is 4.83. The largest absolute Gasteiger partial charge is 0.480 e. The Morgan fingerprint density at radius 3 is 2.45 bits per heavy atom. The number of carbonyl (C=O) groups is 2. The van der Waals surface area contributed by atoms with Crippen LogP contribution >= 0.6 is 0 Å². The van der Waals surface area contributed by atoms with Crippen LogP contribution in [0.5, 0.6) is 0 Å². The first kappa shape index (κ1) is 16.1. The molecule has 0 heterocycles. The van der Waals surface area contributed by atoms with E-state index in [9.17, 15) is 14.0 Å². The fraction of sp³-hybridized carbons (Fsp3) is 0.467. The number of hydrogen-bond acceptors (Lipinski definition) is 2. The summed E-state index contributed by atoms with van der Waals surface area (Å²) in [5, 5.41) is 11.6. The van der Waals surface area contributed by atoms with Crippen LogP contribution in [0.1, 0.15) is 38.7 Å². The third-order valence-corrected chi connectivity index (χ3v) is 3.06. The highest BCUT2D eigenvalue weighted by Crippen LogP contribution is 2.17. The molecule has 0 radical (unpaired) electrons. The van der Waals surface area contributed by atoms with Gasteiger partial charge in [-0.1, -0.05) is 26.0 Å². The zero-order valence-corrected chi connectivity index (χ0v) is 11.9. The molecule has 1 amide bonds. The van der Waals surface area contributed by atoms with E-state index in [1.807, 2.05) is 13.8 Å². The van der Waals surface area contributed by atoms with E-state index >= 15 is 0 Å². The second-order valence-corrected chi connectivity index (χ2v) is 5.31. The summed E-state index contributed by atoms with van der Waals surface area (Å²) in [5.74, 6) is -2.33. The van der Waals surface area contributed by atoms with Crippen molar-refractivity contribution >= 4 is 11.9 Å². The van der Waals surface area contributed by atoms with Gasteiger partial charge in [0.15, 0.2) is 0 Å². The number of carboxylic acids is 1. The van der Waals surface area contributed by atoms with Crippen molar-refractivity contribution in [1.82, 2.24) is 5.32 Å². The van der Waals surface area contributed by atoms with Crippen LogP contribution in [0.15, 0.2) is 24.3 Å². The molecular formula is C15H20FNO3. The molecule has 20 heavy (non-hydrogen) atoms. The average molecular weight is 281 g/mol. The monoisotopic (exact) mass is 281 g/mol. The van der Waals surface area contributed by atoms with E-state index in [-0.39, 0.29) is 5.92 Å². The Balaban J connectivity index is 2.76. The molecule has 1 aromatic rings. The van der Waals surface area contributed by atoms with Crippen LogP contribution in [0.3, 0.4) is 0 Å². The normalized spacial score (nSPS) is 13.8. The van der Waals surface area contributed by atoms with Crippen molar-refractivity contribution in [2.45, 2.75) is 39.2 Å². The Morgan fingerprint density at radius 2 is 1.95 bits per heavy atom. The van der Waals surface area contributed by atoms with Crippen LogP contribution in [-0.4, -0.2) is 23.0 Å². The molecular weight excluding hydrogens is 261 g/mol. The molecule has 0 bridgehead atoms. The molecule has 0 spiro atoms. The van der Waals surface area contributed by atoms with E-state index < -0.39 is 29.7 Å². The SMILES string of the molecule is CC(C)C[C@@H](NC(=O)C(C)c1cccc(F)c1)C(=O)O. The van der Waals surface area contributed by atoms with Gasteiger partial charge in [-0.2, -0.15) is 0 Å². The first-order valence-electron chi connectivity index (χ1n) is 6.60. The van der Waals surface area contributed by atoms with Gasteiger partial charge in [-0.25, -0.2) is 9.18 Å². The lowest BCUT2D eigenvalue weighted by molar-refractivity contribution is -0.142. The summed E-state index contributed by atoms with van der Waals surface area (Å²) >= 11 is 0. The summed E-state index contributed by atoms with van der Waals surface area (Å²) < 4.78 is 13.1. The lowest BCUT2D eigenvalue weighted by atomic mass is 9.98. The minimum atomic E-state index is -1.06. The van der Waals surface area contributed by atoms with Gasteiger partial charge in [0.2, 0.25) is 5.91 Å². The Kier molecular flexibility index (Phi) is 5.67. The number of rotatable bonds is 6. The molecule has 2 atom stereocenters. The fourth-order valence-electron chi connectivity index (χ4n) is 1.92. The summed E-state index contributed by atoms with van der Waals surface area (Å²) in [4.78, 5) is 23.2. The van der Waals surface area contributed by atoms with Gasteiger partial charge < -0.3 is 10.4 Å². The summed E-state index contributed by atoms with van der Waals surface area (Å²) in [5.41, 5.74) is 0.524. The molecule has 0 aliphatic carbocycles. The van der Waals surface area contributed by atoms with Gasteiger partial charge >= 0.3 is 5.97 Å². The number of carboxylic acid groups (broad SMARTS) is 1. The molecule has 1 rings (SSSR count). The van der Waals surface area contributed by atoms with E-state index in [1.165, 1.54) is 18.2 Å². The molecule has 0 saturated carbocycles. The number of hydrogen-bond donors (Lipinski definition) is 2. The van der Waals surface area contributed by atoms with E-state index in [4.69, 9.17) is 5.11 Å². The number of benzene rings is 1. The third-order valence-electron chi connectivity index (χ3n) is 3.06. The predicted molar refractivity (Wildman–Crippen MR) is 73.8 cm³/mol. The van der Waals surface area contributed by atoms with Crippen molar-refractivity contribution in [3.8, 4) is 0 Å². The minimum Gasteiger partial charge on any atom is -0.480 e. The van der Waals surface area contributed by atoms with Crippen molar-refractivity contribution in [2.24, 2.45) is 5.92 Å². The maximum absolute atomic E-state index is 13.1. The van der Waals surface area contributed by atoms with E-state index in [0.717, 1.165) is 0 Å². The van der Waals surface area contributed by atoms with Crippen molar-refractivity contribution in [1.29, 1.82) is 0 Å². The molecule has 0 saturated heterocycles. The Bertz CT molecular complexity index is 488. The lowest BCUT2D eigenvalue weighted by Gasteiger charge is -2.19. The summed E-state index contributed by atoms with van der Waals surface area (Å²) in [6.07, 6.45) is 0.358. The van der Waals surface area contributed by atoms with Crippen molar-refractivity contribution < 1.29 is 19.1 Å². The molecule has 2 N–H and O–H groups in total. The Hall–Kier alpha value is -1.91. The standard InChI is InChI=1S/C15H20FNO3/c1-9(2)7-13(15(19)20)17-14(18)10(3)11-5-4-6-12(16)8-11/h4-6,8-10,13H,7H2,1-3H3,(H,17,18)(H,19,20)/t10?,13-/m1/s1. The van der Waals surface area contributed by atoms with Crippen LogP contribution in [0.25, 0.3) is 0 Å². The van der Waals surface area contributed by atoms with Crippen molar-refractivity contribution in [3.05, 3.63) is 35.6 Å². The maximum atomic E-state index is 13.1. The van der Waals surface area contributed by atoms with Gasteiger partial charge in [0.1, 0.15) is 11.9 Å². The van der Waals surface area contributed by atoms with Gasteiger partial charge in [0.05, 0.1) is 5.92 Å². The highest BCUT2D eigenvalue weighted by molar-refractivity contribution is 5.87. The molecule has 0 aromatic heterocycles. The Labute approximate surface area is 118 Å². The van der Waals surface area contributed by atoms with Crippen LogP contribution in [-0.2, 0) is 9.59 Å². The lowest BCUT2D eigenvalue weighted by Crippen LogP contribution is -2.43. The number of aliphatic carboxylic acids is 1. The second-order valence-electron chi connectivity index (χ2n) is 5.31. The van der Waals surface area contributed by atoms with Crippen LogP contribution in [0.4, 0.5) is 4.39 Å². The van der Waals surface area contributed by atoms with Crippen LogP contribution in [0, 0.1) is 11.7 Å². The third kappa shape index (κ3) is 4.64. The zero-order valence-electron chi connectivity index (χ0n) is 11.9. The molecule has 110 valence electrons. The van der Waals surface area contributed by atoms with Crippen molar-refractivity contribution in [2.75, 3.05) is 0 Å². The van der Waals surface area contributed by atoms with E-state index in [2.05, 4.69) is 5.32 Å². The molecule has 0 fully saturated rings. The smallest absolute Gasteiger partial charge is 0.326 e. The van der Waals surface area contributed by atoms with E-state index in [0.29, 0.717) is 12.0 Å². The zero-order chi connectivity index (χ0) is 15.3. The summed E-state index contributed by atoms with van der Waals surface area (Å²) in [7, 11) is 0. The van der Waals surface area contributed by atoms with Gasteiger partial charge in [-0.15, -0.1) is 0 Å². The number of nitrogens with one attached hydrogen (secondary N) is 1. The van der Waals surface area contributed by atoms with E-state index in [1.54, 1.807) is 13.0 Å². The van der Waals surface area contributed by atoms with Crippen molar-refractivity contribution in [3.63, 3.8) is 0 Å². The highest BCUT2D eigenvalue weighted by atomic mass is 19.1. The fourth-order valence-corrected chi connectivity index (χ4v) is 1.92. The minimum absolute atomic E-state index is 0.154. The van der Waals surface area contributed by atoms with Gasteiger partial charge in [-0.3, -0.25) is 4.79 Å². The molecule has 0 aliphatic heterocycles. The summed E-state index contributed by atoms with van der Waals surface area (Å²) in [6.45, 7) is 5.40. The molecule has 1 unspecified atom stereocenters. The second kappa shape index (κ2) is 7.03. The molecule has 5 heteroatoms. The number of amides is 1. The van der Waals surface area contributed by atoms with Gasteiger partial charge in [0, 0.05) is 0 Å². The van der Waals surface area contributed by atoms with Gasteiger partial charge in [0.25, 0.3) is 0 Å². The maximum Gasteiger partial charge on any atom is 0.326 e. The molecule has 4 nitrogen and oxygen atoms in total. The van der Waals surface area contributed by atoms with Gasteiger partial charge in [-0.05, 0) is 37.0 Å². The van der Waals surface area contributed by atoms with Crippen LogP contribution < -0.4 is 5.32 Å². The predicted octanol–water partition coefficient (Wildman–Crippen LogP) is 2.54. The number of carbonyl (C=O) groups excluding carboxylic acids is 1. The molecule has 0 aliphatic rings. The highest BCUT2D eigenvalue weighted by Gasteiger charge is 2.24. The average Bonchev–Trinajstić information content (AvgIpc) is 2.36. The first-order valence-corrected chi connectivity index (χ1v) is 6.60. The quantitative estimate of drug-likeness (QED) is 0.842. The topological polar surface area (TPSA) is 66.4 Å². The first-order chi connectivity index (χ1) is 9.31. The van der Waals surface area contributed by atoms with Crippen LogP contribution in [0.2, 0.25) is 0 Å².